The highest BCUT2D eigenvalue weighted by Crippen LogP contribution is 2.21. The number of nitrogens with zero attached hydrogens (tertiary/aromatic N) is 3. The molecule has 1 heterocycles. The smallest absolute Gasteiger partial charge is 0.318 e. The zero-order valence-corrected chi connectivity index (χ0v) is 22.0. The quantitative estimate of drug-likeness (QED) is 0.508. The zero-order chi connectivity index (χ0) is 26.8. The summed E-state index contributed by atoms with van der Waals surface area (Å²) in [4.78, 5) is 43.3. The molecule has 2 aromatic rings. The Morgan fingerprint density at radius 3 is 2.16 bits per heavy atom. The van der Waals surface area contributed by atoms with E-state index in [9.17, 15) is 14.4 Å². The fraction of sp³-hybridized carbons (Fsp3) is 0.444. The predicted octanol–water partition coefficient (Wildman–Crippen LogP) is 2.66. The zero-order valence-electron chi connectivity index (χ0n) is 22.0. The Labute approximate surface area is 218 Å². The highest BCUT2D eigenvalue weighted by molar-refractivity contribution is 5.95. The number of benzene rings is 2. The fourth-order valence-corrected chi connectivity index (χ4v) is 4.01. The molecule has 0 aromatic heterocycles. The first-order chi connectivity index (χ1) is 17.8. The topological polar surface area (TPSA) is 103 Å². The fourth-order valence-electron chi connectivity index (χ4n) is 4.01. The Bertz CT molecular complexity index is 1030. The summed E-state index contributed by atoms with van der Waals surface area (Å²) >= 11 is 0. The third kappa shape index (κ3) is 8.11. The summed E-state index contributed by atoms with van der Waals surface area (Å²) in [5.74, 6) is 0.455. The van der Waals surface area contributed by atoms with Crippen LogP contribution in [0.2, 0.25) is 0 Å². The Hall–Kier alpha value is -3.79. The van der Waals surface area contributed by atoms with Gasteiger partial charge >= 0.3 is 6.03 Å². The van der Waals surface area contributed by atoms with Gasteiger partial charge in [0.15, 0.2) is 0 Å². The summed E-state index contributed by atoms with van der Waals surface area (Å²) in [6.45, 7) is 6.99. The maximum atomic E-state index is 12.8. The minimum atomic E-state index is -0.304. The molecule has 4 amide bonds. The summed E-state index contributed by atoms with van der Waals surface area (Å²) in [5, 5.41) is 5.66. The lowest BCUT2D eigenvalue weighted by atomic mass is 10.1. The molecule has 0 aliphatic carbocycles. The molecule has 2 N–H and O–H groups in total. The van der Waals surface area contributed by atoms with E-state index in [-0.39, 0.29) is 30.4 Å². The minimum absolute atomic E-state index is 0.0157. The van der Waals surface area contributed by atoms with Gasteiger partial charge in [0.2, 0.25) is 5.91 Å². The summed E-state index contributed by atoms with van der Waals surface area (Å²) in [7, 11) is 3.15. The van der Waals surface area contributed by atoms with Gasteiger partial charge in [0.25, 0.3) is 5.91 Å². The van der Waals surface area contributed by atoms with Crippen molar-refractivity contribution in [3.05, 3.63) is 54.1 Å². The van der Waals surface area contributed by atoms with Crippen LogP contribution < -0.4 is 20.3 Å². The number of hydrogen-bond donors (Lipinski definition) is 2. The Kier molecular flexibility index (Phi) is 10.1. The number of hydrogen-bond acceptors (Lipinski definition) is 6. The maximum absolute atomic E-state index is 12.8. The molecule has 1 aliphatic heterocycles. The molecule has 1 fully saturated rings. The summed E-state index contributed by atoms with van der Waals surface area (Å²) in [5.41, 5.74) is 2.32. The molecule has 0 radical (unpaired) electrons. The Balaban J connectivity index is 1.50. The average Bonchev–Trinajstić information content (AvgIpc) is 2.90. The molecule has 2 aromatic carbocycles. The van der Waals surface area contributed by atoms with Crippen molar-refractivity contribution in [1.29, 1.82) is 0 Å². The molecule has 0 atom stereocenters. The number of amides is 4. The number of piperazine rings is 1. The van der Waals surface area contributed by atoms with Gasteiger partial charge in [0.1, 0.15) is 12.3 Å². The highest BCUT2D eigenvalue weighted by Gasteiger charge is 2.23. The molecule has 37 heavy (non-hydrogen) atoms. The van der Waals surface area contributed by atoms with Crippen molar-refractivity contribution in [1.82, 2.24) is 15.1 Å². The van der Waals surface area contributed by atoms with E-state index in [2.05, 4.69) is 15.5 Å². The van der Waals surface area contributed by atoms with Crippen LogP contribution in [0.5, 0.6) is 5.75 Å². The molecular weight excluding hydrogens is 474 g/mol. The number of urea groups is 1. The van der Waals surface area contributed by atoms with Crippen LogP contribution in [0.3, 0.4) is 0 Å². The normalized spacial score (nSPS) is 13.3. The molecule has 0 bridgehead atoms. The van der Waals surface area contributed by atoms with Gasteiger partial charge in [0.05, 0.1) is 13.7 Å². The van der Waals surface area contributed by atoms with Crippen molar-refractivity contribution in [2.45, 2.75) is 19.9 Å². The van der Waals surface area contributed by atoms with Gasteiger partial charge < -0.3 is 34.8 Å². The molecule has 0 unspecified atom stereocenters. The van der Waals surface area contributed by atoms with E-state index < -0.39 is 0 Å². The van der Waals surface area contributed by atoms with Crippen LogP contribution in [0.15, 0.2) is 48.5 Å². The van der Waals surface area contributed by atoms with Crippen LogP contribution in [0.4, 0.5) is 16.2 Å². The molecule has 3 rings (SSSR count). The molecule has 10 heteroatoms. The van der Waals surface area contributed by atoms with Crippen molar-refractivity contribution in [3.8, 4) is 5.75 Å². The predicted molar refractivity (Wildman–Crippen MR) is 143 cm³/mol. The summed E-state index contributed by atoms with van der Waals surface area (Å²) in [6, 6.07) is 14.4. The van der Waals surface area contributed by atoms with Crippen molar-refractivity contribution in [3.63, 3.8) is 0 Å². The first-order valence-corrected chi connectivity index (χ1v) is 12.4. The van der Waals surface area contributed by atoms with Crippen molar-refractivity contribution in [2.75, 3.05) is 70.3 Å². The largest absolute Gasteiger partial charge is 0.497 e. The Morgan fingerprint density at radius 2 is 1.59 bits per heavy atom. The van der Waals surface area contributed by atoms with E-state index in [4.69, 9.17) is 9.47 Å². The summed E-state index contributed by atoms with van der Waals surface area (Å²) in [6.07, 6.45) is 0. The van der Waals surface area contributed by atoms with Crippen LogP contribution >= 0.6 is 0 Å². The van der Waals surface area contributed by atoms with E-state index in [1.54, 1.807) is 38.5 Å². The lowest BCUT2D eigenvalue weighted by Gasteiger charge is -2.36. The second kappa shape index (κ2) is 13.5. The van der Waals surface area contributed by atoms with E-state index in [0.717, 1.165) is 11.4 Å². The first kappa shape index (κ1) is 27.8. The molecule has 10 nitrogen and oxygen atoms in total. The lowest BCUT2D eigenvalue weighted by Crippen LogP contribution is -2.48. The van der Waals surface area contributed by atoms with E-state index in [1.165, 1.54) is 4.90 Å². The van der Waals surface area contributed by atoms with Crippen LogP contribution in [0.1, 0.15) is 24.2 Å². The van der Waals surface area contributed by atoms with E-state index >= 15 is 0 Å². The lowest BCUT2D eigenvalue weighted by molar-refractivity contribution is -0.116. The van der Waals surface area contributed by atoms with Gasteiger partial charge in [-0.1, -0.05) is 0 Å². The average molecular weight is 512 g/mol. The number of carbonyl (C=O) groups excluding carboxylic acids is 3. The van der Waals surface area contributed by atoms with Crippen molar-refractivity contribution >= 4 is 29.2 Å². The molecule has 1 aliphatic rings. The van der Waals surface area contributed by atoms with E-state index in [1.807, 2.05) is 43.0 Å². The van der Waals surface area contributed by atoms with Crippen molar-refractivity contribution in [2.24, 2.45) is 0 Å². The molecule has 0 saturated carbocycles. The van der Waals surface area contributed by atoms with Crippen LogP contribution in [0.25, 0.3) is 0 Å². The van der Waals surface area contributed by atoms with Gasteiger partial charge in [0, 0.05) is 62.8 Å². The monoisotopic (exact) mass is 511 g/mol. The van der Waals surface area contributed by atoms with Gasteiger partial charge in [-0.25, -0.2) is 4.79 Å². The summed E-state index contributed by atoms with van der Waals surface area (Å²) < 4.78 is 10.2. The molecule has 0 spiro atoms. The second-order valence-electron chi connectivity index (χ2n) is 9.12. The standard InChI is InChI=1S/C27H37N5O5/c1-20(2)28-27(35)32(17-18-36-3)19-25(33)29-22-7-9-23(10-8-22)30-13-15-31(16-14-30)26(34)21-5-11-24(37-4)12-6-21/h5-12,20H,13-19H2,1-4H3,(H,28,35)(H,29,33). The van der Waals surface area contributed by atoms with Gasteiger partial charge in [-0.05, 0) is 62.4 Å². The third-order valence-electron chi connectivity index (χ3n) is 6.02. The highest BCUT2D eigenvalue weighted by atomic mass is 16.5. The number of methoxy groups -OCH3 is 2. The molecular formula is C27H37N5O5. The number of anilines is 2. The van der Waals surface area contributed by atoms with Gasteiger partial charge in [-0.3, -0.25) is 9.59 Å². The van der Waals surface area contributed by atoms with Crippen molar-refractivity contribution < 1.29 is 23.9 Å². The van der Waals surface area contributed by atoms with Crippen LogP contribution in [0, 0.1) is 0 Å². The number of rotatable bonds is 10. The third-order valence-corrected chi connectivity index (χ3v) is 6.02. The number of ether oxygens (including phenoxy) is 2. The number of nitrogens with one attached hydrogen (secondary N) is 2. The first-order valence-electron chi connectivity index (χ1n) is 12.4. The van der Waals surface area contributed by atoms with E-state index in [0.29, 0.717) is 50.6 Å². The number of carbonyl (C=O) groups is 3. The van der Waals surface area contributed by atoms with Gasteiger partial charge in [-0.15, -0.1) is 0 Å². The minimum Gasteiger partial charge on any atom is -0.497 e. The second-order valence-corrected chi connectivity index (χ2v) is 9.12. The molecule has 200 valence electrons. The SMILES string of the molecule is COCCN(CC(=O)Nc1ccc(N2CCN(C(=O)c3ccc(OC)cc3)CC2)cc1)C(=O)NC(C)C. The Morgan fingerprint density at radius 1 is 0.946 bits per heavy atom. The van der Waals surface area contributed by atoms with Crippen LogP contribution in [-0.2, 0) is 9.53 Å². The molecule has 1 saturated heterocycles. The van der Waals surface area contributed by atoms with Gasteiger partial charge in [-0.2, -0.15) is 0 Å². The maximum Gasteiger partial charge on any atom is 0.318 e. The van der Waals surface area contributed by atoms with Crippen LogP contribution in [-0.4, -0.2) is 93.8 Å².